The molecule has 0 saturated heterocycles. The molecule has 2 aromatic rings. The van der Waals surface area contributed by atoms with Gasteiger partial charge >= 0.3 is 0 Å². The molecule has 0 spiro atoms. The van der Waals surface area contributed by atoms with E-state index in [1.54, 1.807) is 24.3 Å². The number of hydrogen-bond acceptors (Lipinski definition) is 7. The Morgan fingerprint density at radius 1 is 1.16 bits per heavy atom. The summed E-state index contributed by atoms with van der Waals surface area (Å²) in [6.45, 7) is 1.49. The topological polar surface area (TPSA) is 111 Å². The monoisotopic (exact) mass is 464 g/mol. The molecule has 8 nitrogen and oxygen atoms in total. The van der Waals surface area contributed by atoms with Crippen molar-refractivity contribution in [3.63, 3.8) is 0 Å². The van der Waals surface area contributed by atoms with E-state index in [1.165, 1.54) is 45.0 Å². The quantitative estimate of drug-likeness (QED) is 0.647. The fourth-order valence-electron chi connectivity index (χ4n) is 3.07. The van der Waals surface area contributed by atoms with Gasteiger partial charge in [0.1, 0.15) is 11.5 Å². The van der Waals surface area contributed by atoms with Gasteiger partial charge in [-0.15, -0.1) is 11.8 Å². The molecule has 2 N–H and O–H groups in total. The predicted octanol–water partition coefficient (Wildman–Crippen LogP) is 3.33. The predicted molar refractivity (Wildman–Crippen MR) is 120 cm³/mol. The zero-order valence-electron chi connectivity index (χ0n) is 17.4. The van der Waals surface area contributed by atoms with Gasteiger partial charge in [-0.05, 0) is 25.1 Å². The Balaban J connectivity index is 1.74. The number of nitrogens with one attached hydrogen (secondary N) is 2. The van der Waals surface area contributed by atoms with Crippen LogP contribution in [0.25, 0.3) is 0 Å². The lowest BCUT2D eigenvalue weighted by Crippen LogP contribution is -2.25. The summed E-state index contributed by atoms with van der Waals surface area (Å²) in [4.78, 5) is 25.2. The third-order valence-electron chi connectivity index (χ3n) is 4.78. The molecule has 1 aliphatic rings. The summed E-state index contributed by atoms with van der Waals surface area (Å²) < 4.78 is 36.4. The lowest BCUT2D eigenvalue weighted by Gasteiger charge is -2.15. The van der Waals surface area contributed by atoms with Crippen LogP contribution in [-0.2, 0) is 19.4 Å². The molecule has 1 heterocycles. The van der Waals surface area contributed by atoms with E-state index in [9.17, 15) is 18.0 Å². The van der Waals surface area contributed by atoms with Gasteiger partial charge in [-0.3, -0.25) is 9.59 Å². The largest absolute Gasteiger partial charge is 0.497 e. The maximum atomic E-state index is 13.0. The average molecular weight is 465 g/mol. The van der Waals surface area contributed by atoms with Crippen molar-refractivity contribution in [2.24, 2.45) is 0 Å². The van der Waals surface area contributed by atoms with Crippen LogP contribution >= 0.6 is 11.8 Å². The van der Waals surface area contributed by atoms with Crippen LogP contribution in [0.15, 0.2) is 46.2 Å². The number of hydrogen-bond donors (Lipinski definition) is 2. The van der Waals surface area contributed by atoms with Crippen molar-refractivity contribution in [2.45, 2.75) is 34.8 Å². The Labute approximate surface area is 185 Å². The fraction of sp³-hybridized carbons (Fsp3) is 0.333. The van der Waals surface area contributed by atoms with E-state index < -0.39 is 21.0 Å². The Bertz CT molecular complexity index is 1080. The van der Waals surface area contributed by atoms with E-state index in [4.69, 9.17) is 9.47 Å². The number of methoxy groups -OCH3 is 2. The maximum Gasteiger partial charge on any atom is 0.225 e. The molecule has 10 heteroatoms. The maximum absolute atomic E-state index is 13.0. The van der Waals surface area contributed by atoms with E-state index in [0.29, 0.717) is 35.0 Å². The molecule has 0 saturated carbocycles. The molecule has 0 fully saturated rings. The number of amides is 2. The third-order valence-corrected chi connectivity index (χ3v) is 7.99. The second-order valence-corrected chi connectivity index (χ2v) is 10.5. The Morgan fingerprint density at radius 2 is 1.84 bits per heavy atom. The van der Waals surface area contributed by atoms with Crippen molar-refractivity contribution in [1.82, 2.24) is 0 Å². The number of ether oxygens (including phenoxy) is 2. The standard InChI is InChI=1S/C21H24N2O6S2/c1-13(8-21(25)22-14-9-15(28-2)11-16(10-14)29-3)31(26,27)17-4-5-19-18(12-17)23-20(24)6-7-30-19/h4-5,9-13H,6-8H2,1-3H3,(H,22,25)(H,23,24)/t13-/m0/s1. The molecule has 2 amide bonds. The van der Waals surface area contributed by atoms with Gasteiger partial charge in [-0.25, -0.2) is 8.42 Å². The van der Waals surface area contributed by atoms with Crippen molar-refractivity contribution in [3.05, 3.63) is 36.4 Å². The second-order valence-electron chi connectivity index (χ2n) is 7.01. The molecule has 0 radical (unpaired) electrons. The van der Waals surface area contributed by atoms with Crippen LogP contribution in [0.1, 0.15) is 19.8 Å². The smallest absolute Gasteiger partial charge is 0.225 e. The molecule has 166 valence electrons. The highest BCUT2D eigenvalue weighted by molar-refractivity contribution is 7.99. The molecule has 0 aromatic heterocycles. The van der Waals surface area contributed by atoms with Crippen molar-refractivity contribution in [3.8, 4) is 11.5 Å². The molecule has 0 bridgehead atoms. The number of benzene rings is 2. The van der Waals surface area contributed by atoms with Crippen LogP contribution in [0.3, 0.4) is 0 Å². The first-order valence-electron chi connectivity index (χ1n) is 9.56. The number of fused-ring (bicyclic) bond motifs is 1. The molecule has 0 aliphatic carbocycles. The van der Waals surface area contributed by atoms with E-state index in [-0.39, 0.29) is 17.2 Å². The molecule has 0 unspecified atom stereocenters. The Kier molecular flexibility index (Phi) is 7.11. The highest BCUT2D eigenvalue weighted by Gasteiger charge is 2.27. The minimum atomic E-state index is -3.79. The summed E-state index contributed by atoms with van der Waals surface area (Å²) in [5, 5.41) is 4.46. The summed E-state index contributed by atoms with van der Waals surface area (Å²) >= 11 is 1.50. The minimum Gasteiger partial charge on any atom is -0.497 e. The summed E-state index contributed by atoms with van der Waals surface area (Å²) in [6, 6.07) is 9.56. The van der Waals surface area contributed by atoms with Gasteiger partial charge in [0, 0.05) is 47.4 Å². The first kappa shape index (κ1) is 23.0. The first-order chi connectivity index (χ1) is 14.7. The van der Waals surface area contributed by atoms with Crippen LogP contribution in [0.4, 0.5) is 11.4 Å². The van der Waals surface area contributed by atoms with Crippen molar-refractivity contribution >= 4 is 44.8 Å². The average Bonchev–Trinajstić information content (AvgIpc) is 2.92. The Hall–Kier alpha value is -2.72. The SMILES string of the molecule is COc1cc(NC(=O)C[C@H](C)S(=O)(=O)c2ccc3c(c2)NC(=O)CCS3)cc(OC)c1. The third kappa shape index (κ3) is 5.50. The zero-order valence-corrected chi connectivity index (χ0v) is 19.1. The molecular weight excluding hydrogens is 440 g/mol. The van der Waals surface area contributed by atoms with Crippen molar-refractivity contribution in [1.29, 1.82) is 0 Å². The van der Waals surface area contributed by atoms with Crippen molar-refractivity contribution < 1.29 is 27.5 Å². The molecule has 2 aromatic carbocycles. The fourth-order valence-corrected chi connectivity index (χ4v) is 5.38. The van der Waals surface area contributed by atoms with E-state index >= 15 is 0 Å². The molecule has 1 aliphatic heterocycles. The normalized spacial score (nSPS) is 14.6. The number of carbonyl (C=O) groups is 2. The lowest BCUT2D eigenvalue weighted by atomic mass is 10.2. The summed E-state index contributed by atoms with van der Waals surface area (Å²) in [6.07, 6.45) is 0.132. The van der Waals surface area contributed by atoms with Gasteiger partial charge in [-0.2, -0.15) is 0 Å². The number of anilines is 2. The van der Waals surface area contributed by atoms with Crippen LogP contribution in [-0.4, -0.2) is 45.5 Å². The summed E-state index contributed by atoms with van der Waals surface area (Å²) in [7, 11) is -0.793. The first-order valence-corrected chi connectivity index (χ1v) is 12.1. The lowest BCUT2D eigenvalue weighted by molar-refractivity contribution is -0.116. The molecular formula is C21H24N2O6S2. The summed E-state index contributed by atoms with van der Waals surface area (Å²) in [5.74, 6) is 1.03. The summed E-state index contributed by atoms with van der Waals surface area (Å²) in [5.41, 5.74) is 0.921. The van der Waals surface area contributed by atoms with Gasteiger partial charge in [-0.1, -0.05) is 0 Å². The van der Waals surface area contributed by atoms with E-state index in [1.807, 2.05) is 0 Å². The van der Waals surface area contributed by atoms with Crippen LogP contribution in [0.5, 0.6) is 11.5 Å². The van der Waals surface area contributed by atoms with Gasteiger partial charge < -0.3 is 20.1 Å². The molecule has 31 heavy (non-hydrogen) atoms. The van der Waals surface area contributed by atoms with E-state index in [0.717, 1.165) is 4.90 Å². The number of sulfone groups is 1. The number of thioether (sulfide) groups is 1. The van der Waals surface area contributed by atoms with Gasteiger partial charge in [0.05, 0.1) is 30.1 Å². The van der Waals surface area contributed by atoms with Gasteiger partial charge in [0.25, 0.3) is 0 Å². The number of carbonyl (C=O) groups excluding carboxylic acids is 2. The van der Waals surface area contributed by atoms with Gasteiger partial charge in [0.2, 0.25) is 11.8 Å². The van der Waals surface area contributed by atoms with Crippen LogP contribution in [0.2, 0.25) is 0 Å². The number of rotatable bonds is 7. The van der Waals surface area contributed by atoms with E-state index in [2.05, 4.69) is 10.6 Å². The van der Waals surface area contributed by atoms with Crippen LogP contribution < -0.4 is 20.1 Å². The molecule has 1 atom stereocenters. The Morgan fingerprint density at radius 3 is 2.48 bits per heavy atom. The van der Waals surface area contributed by atoms with Crippen LogP contribution in [0, 0.1) is 0 Å². The molecule has 3 rings (SSSR count). The van der Waals surface area contributed by atoms with Crippen molar-refractivity contribution in [2.75, 3.05) is 30.6 Å². The zero-order chi connectivity index (χ0) is 22.6. The highest BCUT2D eigenvalue weighted by Crippen LogP contribution is 2.34. The highest BCUT2D eigenvalue weighted by atomic mass is 32.2. The minimum absolute atomic E-state index is 0.0670. The second kappa shape index (κ2) is 9.61. The van der Waals surface area contributed by atoms with Gasteiger partial charge in [0.15, 0.2) is 9.84 Å².